The molecule has 1 unspecified atom stereocenters. The van der Waals surface area contributed by atoms with Gasteiger partial charge in [-0.15, -0.1) is 0 Å². The van der Waals surface area contributed by atoms with Crippen LogP contribution in [0.1, 0.15) is 23.8 Å². The monoisotopic (exact) mass is 241 g/mol. The third-order valence-corrected chi connectivity index (χ3v) is 3.19. The third kappa shape index (κ3) is 3.20. The van der Waals surface area contributed by atoms with Gasteiger partial charge in [-0.05, 0) is 18.7 Å². The van der Waals surface area contributed by atoms with Crippen LogP contribution in [0.25, 0.3) is 0 Å². The van der Waals surface area contributed by atoms with Crippen molar-refractivity contribution >= 4 is 23.4 Å². The molecule has 0 saturated carbocycles. The lowest BCUT2D eigenvalue weighted by Crippen LogP contribution is -2.36. The number of nitrogens with two attached hydrogens (primary N) is 1. The number of thioether (sulfide) groups is 1. The Morgan fingerprint density at radius 2 is 2.38 bits per heavy atom. The Morgan fingerprint density at radius 3 is 2.81 bits per heavy atom. The summed E-state index contributed by atoms with van der Waals surface area (Å²) in [5.41, 5.74) is 6.86. The van der Waals surface area contributed by atoms with Crippen LogP contribution in [-0.4, -0.2) is 28.5 Å². The maximum absolute atomic E-state index is 11.9. The van der Waals surface area contributed by atoms with Crippen LogP contribution in [-0.2, 0) is 7.05 Å². The summed E-state index contributed by atoms with van der Waals surface area (Å²) in [5.74, 6) is 0.877. The summed E-state index contributed by atoms with van der Waals surface area (Å²) in [6.45, 7) is 2.07. The van der Waals surface area contributed by atoms with Gasteiger partial charge >= 0.3 is 0 Å². The number of carbonyl (C=O) groups excluding carboxylic acids is 1. The van der Waals surface area contributed by atoms with Crippen molar-refractivity contribution in [3.05, 3.63) is 18.0 Å². The lowest BCUT2D eigenvalue weighted by molar-refractivity contribution is 0.0932. The van der Waals surface area contributed by atoms with Crippen LogP contribution >= 0.6 is 11.8 Å². The number of hydrogen-bond donors (Lipinski definition) is 2. The Labute approximate surface area is 101 Å². The van der Waals surface area contributed by atoms with E-state index in [1.54, 1.807) is 28.6 Å². The number of hydrogen-bond acceptors (Lipinski definition) is 3. The van der Waals surface area contributed by atoms with Crippen LogP contribution in [0.2, 0.25) is 0 Å². The maximum Gasteiger partial charge on any atom is 0.268 e. The molecular formula is C11H19N3OS. The number of nitrogens with zero attached hydrogens (tertiary/aromatic N) is 1. The van der Waals surface area contributed by atoms with Gasteiger partial charge in [0.2, 0.25) is 0 Å². The van der Waals surface area contributed by atoms with Gasteiger partial charge in [0.15, 0.2) is 0 Å². The molecule has 0 fully saturated rings. The predicted molar refractivity (Wildman–Crippen MR) is 69.8 cm³/mol. The molecule has 16 heavy (non-hydrogen) atoms. The number of nitrogen functional groups attached to an aromatic ring is 1. The molecule has 1 rings (SSSR count). The van der Waals surface area contributed by atoms with Crippen molar-refractivity contribution in [2.24, 2.45) is 7.05 Å². The van der Waals surface area contributed by atoms with Crippen LogP contribution < -0.4 is 11.1 Å². The smallest absolute Gasteiger partial charge is 0.268 e. The van der Waals surface area contributed by atoms with Crippen LogP contribution in [0.4, 0.5) is 5.69 Å². The molecule has 0 saturated heterocycles. The van der Waals surface area contributed by atoms with E-state index >= 15 is 0 Å². The first-order valence-electron chi connectivity index (χ1n) is 5.30. The lowest BCUT2D eigenvalue weighted by Gasteiger charge is -2.15. The second kappa shape index (κ2) is 5.84. The Hall–Kier alpha value is -1.10. The molecule has 0 aliphatic rings. The first-order valence-corrected chi connectivity index (χ1v) is 6.69. The number of rotatable bonds is 5. The lowest BCUT2D eigenvalue weighted by atomic mass is 10.2. The van der Waals surface area contributed by atoms with E-state index in [9.17, 15) is 4.79 Å². The van der Waals surface area contributed by atoms with Crippen molar-refractivity contribution in [3.8, 4) is 0 Å². The average molecular weight is 241 g/mol. The molecule has 4 nitrogen and oxygen atoms in total. The first-order chi connectivity index (χ1) is 7.58. The summed E-state index contributed by atoms with van der Waals surface area (Å²) < 4.78 is 1.75. The SMILES string of the molecule is CCC(CSC)NC(=O)c1cc(N)cn1C. The van der Waals surface area contributed by atoms with Gasteiger partial charge in [-0.3, -0.25) is 4.79 Å². The zero-order valence-corrected chi connectivity index (χ0v) is 10.8. The van der Waals surface area contributed by atoms with E-state index in [0.717, 1.165) is 12.2 Å². The molecule has 0 aliphatic heterocycles. The van der Waals surface area contributed by atoms with Crippen molar-refractivity contribution in [1.82, 2.24) is 9.88 Å². The summed E-state index contributed by atoms with van der Waals surface area (Å²) in [4.78, 5) is 11.9. The van der Waals surface area contributed by atoms with Crippen LogP contribution in [0.15, 0.2) is 12.3 Å². The summed E-state index contributed by atoms with van der Waals surface area (Å²) in [6, 6.07) is 1.92. The van der Waals surface area contributed by atoms with E-state index in [2.05, 4.69) is 12.2 Å². The van der Waals surface area contributed by atoms with E-state index < -0.39 is 0 Å². The van der Waals surface area contributed by atoms with Gasteiger partial charge in [-0.1, -0.05) is 6.92 Å². The van der Waals surface area contributed by atoms with Crippen LogP contribution in [0, 0.1) is 0 Å². The van der Waals surface area contributed by atoms with E-state index in [4.69, 9.17) is 5.73 Å². The fraction of sp³-hybridized carbons (Fsp3) is 0.545. The maximum atomic E-state index is 11.9. The molecule has 1 atom stereocenters. The molecule has 0 spiro atoms. The van der Waals surface area contributed by atoms with E-state index in [-0.39, 0.29) is 11.9 Å². The summed E-state index contributed by atoms with van der Waals surface area (Å²) in [6.07, 6.45) is 4.71. The highest BCUT2D eigenvalue weighted by Gasteiger charge is 2.14. The summed E-state index contributed by atoms with van der Waals surface area (Å²) in [5, 5.41) is 3.00. The number of aromatic nitrogens is 1. The van der Waals surface area contributed by atoms with Crippen LogP contribution in [0.3, 0.4) is 0 Å². The van der Waals surface area contributed by atoms with Gasteiger partial charge in [0.25, 0.3) is 5.91 Å². The van der Waals surface area contributed by atoms with Crippen molar-refractivity contribution in [2.45, 2.75) is 19.4 Å². The first kappa shape index (κ1) is 13.0. The van der Waals surface area contributed by atoms with Gasteiger partial charge in [0.05, 0.1) is 5.69 Å². The molecule has 90 valence electrons. The van der Waals surface area contributed by atoms with Gasteiger partial charge < -0.3 is 15.6 Å². The highest BCUT2D eigenvalue weighted by Crippen LogP contribution is 2.09. The van der Waals surface area contributed by atoms with Gasteiger partial charge in [0.1, 0.15) is 5.69 Å². The molecule has 0 aromatic carbocycles. The molecule has 1 heterocycles. The van der Waals surface area contributed by atoms with Gasteiger partial charge in [-0.2, -0.15) is 11.8 Å². The zero-order valence-electron chi connectivity index (χ0n) is 9.99. The number of amides is 1. The van der Waals surface area contributed by atoms with Crippen molar-refractivity contribution in [2.75, 3.05) is 17.7 Å². The van der Waals surface area contributed by atoms with Gasteiger partial charge in [0, 0.05) is 25.0 Å². The van der Waals surface area contributed by atoms with Crippen molar-refractivity contribution in [3.63, 3.8) is 0 Å². The van der Waals surface area contributed by atoms with E-state index in [0.29, 0.717) is 11.4 Å². The highest BCUT2D eigenvalue weighted by atomic mass is 32.2. The second-order valence-corrected chi connectivity index (χ2v) is 4.71. The fourth-order valence-corrected chi connectivity index (χ4v) is 2.26. The molecule has 0 aliphatic carbocycles. The molecule has 3 N–H and O–H groups in total. The predicted octanol–water partition coefficient (Wildman–Crippen LogP) is 1.48. The van der Waals surface area contributed by atoms with Crippen molar-refractivity contribution < 1.29 is 4.79 Å². The Morgan fingerprint density at radius 1 is 1.69 bits per heavy atom. The highest BCUT2D eigenvalue weighted by molar-refractivity contribution is 7.98. The normalized spacial score (nSPS) is 12.4. The Balaban J connectivity index is 2.67. The molecular weight excluding hydrogens is 222 g/mol. The molecule has 1 amide bonds. The Kier molecular flexibility index (Phi) is 4.73. The third-order valence-electron chi connectivity index (χ3n) is 2.45. The number of carbonyl (C=O) groups is 1. The number of anilines is 1. The number of nitrogens with one attached hydrogen (secondary N) is 1. The largest absolute Gasteiger partial charge is 0.397 e. The average Bonchev–Trinajstić information content (AvgIpc) is 2.57. The molecule has 5 heteroatoms. The zero-order chi connectivity index (χ0) is 12.1. The minimum absolute atomic E-state index is 0.0555. The van der Waals surface area contributed by atoms with Gasteiger partial charge in [-0.25, -0.2) is 0 Å². The topological polar surface area (TPSA) is 60.1 Å². The molecule has 0 radical (unpaired) electrons. The standard InChI is InChI=1S/C11H19N3OS/c1-4-9(7-16-3)13-11(15)10-5-8(12)6-14(10)2/h5-6,9H,4,7,12H2,1-3H3,(H,13,15). The molecule has 1 aromatic rings. The quantitative estimate of drug-likeness (QED) is 0.821. The molecule has 0 bridgehead atoms. The molecule has 1 aromatic heterocycles. The minimum Gasteiger partial charge on any atom is -0.397 e. The Bertz CT molecular complexity index is 362. The van der Waals surface area contributed by atoms with Crippen LogP contribution in [0.5, 0.6) is 0 Å². The number of aryl methyl sites for hydroxylation is 1. The van der Waals surface area contributed by atoms with E-state index in [1.807, 2.05) is 13.3 Å². The second-order valence-electron chi connectivity index (χ2n) is 3.80. The summed E-state index contributed by atoms with van der Waals surface area (Å²) >= 11 is 1.73. The van der Waals surface area contributed by atoms with Crippen molar-refractivity contribution in [1.29, 1.82) is 0 Å². The van der Waals surface area contributed by atoms with E-state index in [1.165, 1.54) is 0 Å². The minimum atomic E-state index is -0.0555. The summed E-state index contributed by atoms with van der Waals surface area (Å²) in [7, 11) is 1.82. The fourth-order valence-electron chi connectivity index (χ4n) is 1.54.